The lowest BCUT2D eigenvalue weighted by molar-refractivity contribution is 0.0980. The molecule has 0 aliphatic rings. The molecule has 0 aliphatic carbocycles. The summed E-state index contributed by atoms with van der Waals surface area (Å²) in [6.45, 7) is 4.13. The second kappa shape index (κ2) is 4.53. The summed E-state index contributed by atoms with van der Waals surface area (Å²) in [5.41, 5.74) is 3.51. The number of carbonyl (C=O) groups is 1. The van der Waals surface area contributed by atoms with Crippen LogP contribution in [0.15, 0.2) is 30.6 Å². The first-order valence-corrected chi connectivity index (χ1v) is 5.64. The van der Waals surface area contributed by atoms with Crippen molar-refractivity contribution in [2.75, 3.05) is 0 Å². The molecule has 0 aliphatic heterocycles. The van der Waals surface area contributed by atoms with Crippen molar-refractivity contribution >= 4 is 5.78 Å². The SMILES string of the molecule is Cc1ccc(CC(=O)c2nccn2C)cc1C. The van der Waals surface area contributed by atoms with Crippen LogP contribution >= 0.6 is 0 Å². The Morgan fingerprint density at radius 3 is 2.65 bits per heavy atom. The van der Waals surface area contributed by atoms with Crippen molar-refractivity contribution < 1.29 is 4.79 Å². The van der Waals surface area contributed by atoms with E-state index in [2.05, 4.69) is 31.0 Å². The van der Waals surface area contributed by atoms with E-state index in [-0.39, 0.29) is 5.78 Å². The second-order valence-electron chi connectivity index (χ2n) is 4.38. The van der Waals surface area contributed by atoms with Crippen molar-refractivity contribution in [3.05, 3.63) is 53.1 Å². The summed E-state index contributed by atoms with van der Waals surface area (Å²) in [6, 6.07) is 6.12. The summed E-state index contributed by atoms with van der Waals surface area (Å²) >= 11 is 0. The normalized spacial score (nSPS) is 10.5. The Morgan fingerprint density at radius 1 is 1.29 bits per heavy atom. The maximum Gasteiger partial charge on any atom is 0.202 e. The van der Waals surface area contributed by atoms with E-state index in [4.69, 9.17) is 0 Å². The van der Waals surface area contributed by atoms with E-state index in [0.29, 0.717) is 12.2 Å². The van der Waals surface area contributed by atoms with Gasteiger partial charge in [0, 0.05) is 25.9 Å². The molecule has 0 unspecified atom stereocenters. The fraction of sp³-hybridized carbons (Fsp3) is 0.286. The van der Waals surface area contributed by atoms with Gasteiger partial charge in [0.1, 0.15) is 0 Å². The van der Waals surface area contributed by atoms with E-state index >= 15 is 0 Å². The third-order valence-electron chi connectivity index (χ3n) is 3.01. The topological polar surface area (TPSA) is 34.9 Å². The van der Waals surface area contributed by atoms with E-state index in [1.165, 1.54) is 11.1 Å². The molecular formula is C14H16N2O. The Bertz CT molecular complexity index is 555. The van der Waals surface area contributed by atoms with Crippen molar-refractivity contribution in [2.24, 2.45) is 7.05 Å². The first-order chi connectivity index (χ1) is 8.08. The largest absolute Gasteiger partial charge is 0.332 e. The number of rotatable bonds is 3. The van der Waals surface area contributed by atoms with Gasteiger partial charge in [0.2, 0.25) is 5.78 Å². The van der Waals surface area contributed by atoms with Crippen molar-refractivity contribution in [3.63, 3.8) is 0 Å². The average Bonchev–Trinajstić information content (AvgIpc) is 2.70. The number of hydrogen-bond acceptors (Lipinski definition) is 2. The lowest BCUT2D eigenvalue weighted by Gasteiger charge is -2.05. The van der Waals surface area contributed by atoms with Gasteiger partial charge in [-0.3, -0.25) is 4.79 Å². The van der Waals surface area contributed by atoms with Gasteiger partial charge in [0.05, 0.1) is 0 Å². The van der Waals surface area contributed by atoms with E-state index in [1.54, 1.807) is 17.0 Å². The Labute approximate surface area is 101 Å². The Balaban J connectivity index is 2.19. The van der Waals surface area contributed by atoms with Gasteiger partial charge < -0.3 is 4.57 Å². The average molecular weight is 228 g/mol. The predicted molar refractivity (Wildman–Crippen MR) is 67.2 cm³/mol. The Kier molecular flexibility index (Phi) is 3.09. The van der Waals surface area contributed by atoms with Gasteiger partial charge in [0.15, 0.2) is 5.82 Å². The Morgan fingerprint density at radius 2 is 2.06 bits per heavy atom. The number of hydrogen-bond donors (Lipinski definition) is 0. The molecule has 17 heavy (non-hydrogen) atoms. The summed E-state index contributed by atoms with van der Waals surface area (Å²) in [7, 11) is 1.83. The zero-order valence-electron chi connectivity index (χ0n) is 10.4. The van der Waals surface area contributed by atoms with Crippen LogP contribution < -0.4 is 0 Å². The number of carbonyl (C=O) groups excluding carboxylic acids is 1. The molecule has 88 valence electrons. The number of imidazole rings is 1. The minimum Gasteiger partial charge on any atom is -0.332 e. The molecule has 3 nitrogen and oxygen atoms in total. The van der Waals surface area contributed by atoms with E-state index < -0.39 is 0 Å². The summed E-state index contributed by atoms with van der Waals surface area (Å²) in [6.07, 6.45) is 3.84. The van der Waals surface area contributed by atoms with Crippen molar-refractivity contribution in [1.82, 2.24) is 9.55 Å². The second-order valence-corrected chi connectivity index (χ2v) is 4.38. The van der Waals surface area contributed by atoms with Gasteiger partial charge in [-0.1, -0.05) is 18.2 Å². The smallest absolute Gasteiger partial charge is 0.202 e. The van der Waals surface area contributed by atoms with Crippen LogP contribution in [0.1, 0.15) is 27.3 Å². The lowest BCUT2D eigenvalue weighted by atomic mass is 10.0. The summed E-state index contributed by atoms with van der Waals surface area (Å²) < 4.78 is 1.75. The van der Waals surface area contributed by atoms with Gasteiger partial charge in [-0.15, -0.1) is 0 Å². The van der Waals surface area contributed by atoms with Crippen LogP contribution in [-0.2, 0) is 13.5 Å². The minimum atomic E-state index is 0.0563. The first kappa shape index (κ1) is 11.6. The molecule has 1 aromatic carbocycles. The fourth-order valence-corrected chi connectivity index (χ4v) is 1.81. The van der Waals surface area contributed by atoms with Crippen LogP contribution in [0.5, 0.6) is 0 Å². The van der Waals surface area contributed by atoms with Crippen LogP contribution in [0.25, 0.3) is 0 Å². The summed E-state index contributed by atoms with van der Waals surface area (Å²) in [5, 5.41) is 0. The van der Waals surface area contributed by atoms with Crippen molar-refractivity contribution in [1.29, 1.82) is 0 Å². The maximum atomic E-state index is 12.0. The molecule has 0 saturated carbocycles. The molecule has 1 heterocycles. The van der Waals surface area contributed by atoms with Gasteiger partial charge >= 0.3 is 0 Å². The van der Waals surface area contributed by atoms with Gasteiger partial charge in [-0.05, 0) is 30.5 Å². The molecule has 0 N–H and O–H groups in total. The fourth-order valence-electron chi connectivity index (χ4n) is 1.81. The molecule has 0 spiro atoms. The molecule has 1 aromatic heterocycles. The third kappa shape index (κ3) is 2.44. The lowest BCUT2D eigenvalue weighted by Crippen LogP contribution is -2.10. The molecule has 0 atom stereocenters. The van der Waals surface area contributed by atoms with E-state index in [0.717, 1.165) is 5.56 Å². The van der Waals surface area contributed by atoms with Crippen LogP contribution in [-0.4, -0.2) is 15.3 Å². The number of ketones is 1. The minimum absolute atomic E-state index is 0.0563. The molecule has 3 heteroatoms. The van der Waals surface area contributed by atoms with Gasteiger partial charge in [-0.25, -0.2) is 4.98 Å². The molecule has 2 aromatic rings. The number of Topliss-reactive ketones (excluding diaryl/α,β-unsaturated/α-hetero) is 1. The van der Waals surface area contributed by atoms with Gasteiger partial charge in [0.25, 0.3) is 0 Å². The van der Waals surface area contributed by atoms with Crippen LogP contribution in [0.4, 0.5) is 0 Å². The zero-order valence-corrected chi connectivity index (χ0v) is 10.4. The highest BCUT2D eigenvalue weighted by Crippen LogP contribution is 2.12. The summed E-state index contributed by atoms with van der Waals surface area (Å²) in [5.74, 6) is 0.573. The highest BCUT2D eigenvalue weighted by Gasteiger charge is 2.11. The van der Waals surface area contributed by atoms with Crippen LogP contribution in [0.3, 0.4) is 0 Å². The number of benzene rings is 1. The maximum absolute atomic E-state index is 12.0. The molecule has 2 rings (SSSR count). The molecule has 0 radical (unpaired) electrons. The highest BCUT2D eigenvalue weighted by molar-refractivity contribution is 5.94. The first-order valence-electron chi connectivity index (χ1n) is 5.64. The van der Waals surface area contributed by atoms with Crippen molar-refractivity contribution in [3.8, 4) is 0 Å². The number of aromatic nitrogens is 2. The predicted octanol–water partition coefficient (Wildman–Crippen LogP) is 2.46. The third-order valence-corrected chi connectivity index (χ3v) is 3.01. The monoisotopic (exact) mass is 228 g/mol. The number of nitrogens with zero attached hydrogens (tertiary/aromatic N) is 2. The van der Waals surface area contributed by atoms with E-state index in [1.807, 2.05) is 13.1 Å². The molecule has 0 fully saturated rings. The number of aryl methyl sites for hydroxylation is 3. The van der Waals surface area contributed by atoms with Crippen LogP contribution in [0.2, 0.25) is 0 Å². The Hall–Kier alpha value is -1.90. The molecular weight excluding hydrogens is 212 g/mol. The summed E-state index contributed by atoms with van der Waals surface area (Å²) in [4.78, 5) is 16.1. The molecule has 0 amide bonds. The van der Waals surface area contributed by atoms with Gasteiger partial charge in [-0.2, -0.15) is 0 Å². The van der Waals surface area contributed by atoms with Crippen molar-refractivity contribution in [2.45, 2.75) is 20.3 Å². The molecule has 0 bridgehead atoms. The molecule has 0 saturated heterocycles. The highest BCUT2D eigenvalue weighted by atomic mass is 16.1. The quantitative estimate of drug-likeness (QED) is 0.756. The van der Waals surface area contributed by atoms with E-state index in [9.17, 15) is 4.79 Å². The zero-order chi connectivity index (χ0) is 12.4. The standard InChI is InChI=1S/C14H16N2O/c1-10-4-5-12(8-11(10)2)9-13(17)14-15-6-7-16(14)3/h4-8H,9H2,1-3H3. The van der Waals surface area contributed by atoms with Crippen LogP contribution in [0, 0.1) is 13.8 Å².